The molecule has 3 rings (SSSR count). The average molecular weight is 272 g/mol. The number of benzene rings is 1. The van der Waals surface area contributed by atoms with Gasteiger partial charge in [0.1, 0.15) is 5.75 Å². The van der Waals surface area contributed by atoms with E-state index in [0.717, 1.165) is 30.8 Å². The van der Waals surface area contributed by atoms with Crippen molar-refractivity contribution in [2.24, 2.45) is 0 Å². The van der Waals surface area contributed by atoms with E-state index in [1.54, 1.807) is 31.4 Å². The van der Waals surface area contributed by atoms with Crippen molar-refractivity contribution in [1.82, 2.24) is 15.5 Å². The van der Waals surface area contributed by atoms with Crippen LogP contribution in [0.4, 0.5) is 5.82 Å². The number of amides is 1. The summed E-state index contributed by atoms with van der Waals surface area (Å²) < 4.78 is 5.12. The van der Waals surface area contributed by atoms with E-state index in [0.29, 0.717) is 17.1 Å². The van der Waals surface area contributed by atoms with Gasteiger partial charge in [-0.1, -0.05) is 6.07 Å². The number of hydrogen-bond acceptors (Lipinski definition) is 4. The summed E-state index contributed by atoms with van der Waals surface area (Å²) >= 11 is 0. The molecule has 0 aliphatic carbocycles. The maximum absolute atomic E-state index is 12.2. The number of aromatic amines is 1. The molecule has 0 unspecified atom stereocenters. The van der Waals surface area contributed by atoms with E-state index < -0.39 is 0 Å². The van der Waals surface area contributed by atoms with Gasteiger partial charge in [0, 0.05) is 36.3 Å². The lowest BCUT2D eigenvalue weighted by molar-refractivity contribution is 0.102. The van der Waals surface area contributed by atoms with Gasteiger partial charge in [-0.2, -0.15) is 5.10 Å². The maximum atomic E-state index is 12.2. The van der Waals surface area contributed by atoms with Crippen molar-refractivity contribution >= 4 is 11.7 Å². The molecule has 0 atom stereocenters. The smallest absolute Gasteiger partial charge is 0.257 e. The zero-order valence-electron chi connectivity index (χ0n) is 11.2. The van der Waals surface area contributed by atoms with Crippen LogP contribution in [0.1, 0.15) is 21.6 Å². The first-order valence-electron chi connectivity index (χ1n) is 6.50. The van der Waals surface area contributed by atoms with Gasteiger partial charge in [0.25, 0.3) is 5.91 Å². The van der Waals surface area contributed by atoms with E-state index in [4.69, 9.17) is 4.74 Å². The number of carbonyl (C=O) groups excluding carboxylic acids is 1. The molecule has 2 heterocycles. The lowest BCUT2D eigenvalue weighted by Crippen LogP contribution is -2.24. The van der Waals surface area contributed by atoms with Crippen molar-refractivity contribution in [3.05, 3.63) is 41.1 Å². The number of hydrogen-bond donors (Lipinski definition) is 3. The first-order chi connectivity index (χ1) is 9.78. The Morgan fingerprint density at radius 2 is 2.35 bits per heavy atom. The summed E-state index contributed by atoms with van der Waals surface area (Å²) in [6.45, 7) is 1.65. The van der Waals surface area contributed by atoms with Gasteiger partial charge < -0.3 is 15.4 Å². The third-order valence-corrected chi connectivity index (χ3v) is 3.37. The molecule has 3 N–H and O–H groups in total. The Balaban J connectivity index is 1.80. The number of nitrogens with one attached hydrogen (secondary N) is 3. The Labute approximate surface area is 116 Å². The third-order valence-electron chi connectivity index (χ3n) is 3.37. The summed E-state index contributed by atoms with van der Waals surface area (Å²) in [5.41, 5.74) is 2.67. The Kier molecular flexibility index (Phi) is 3.39. The highest BCUT2D eigenvalue weighted by atomic mass is 16.5. The van der Waals surface area contributed by atoms with Gasteiger partial charge in [0.05, 0.1) is 7.11 Å². The Morgan fingerprint density at radius 3 is 3.20 bits per heavy atom. The Morgan fingerprint density at radius 1 is 1.45 bits per heavy atom. The molecule has 0 saturated carbocycles. The summed E-state index contributed by atoms with van der Waals surface area (Å²) in [6, 6.07) is 7.04. The van der Waals surface area contributed by atoms with Crippen LogP contribution >= 0.6 is 0 Å². The molecule has 1 aromatic heterocycles. The lowest BCUT2D eigenvalue weighted by atomic mass is 10.1. The summed E-state index contributed by atoms with van der Waals surface area (Å²) in [5.74, 6) is 1.06. The second-order valence-corrected chi connectivity index (χ2v) is 4.64. The molecule has 20 heavy (non-hydrogen) atoms. The molecule has 6 heteroatoms. The monoisotopic (exact) mass is 272 g/mol. The van der Waals surface area contributed by atoms with Crippen LogP contribution < -0.4 is 15.4 Å². The highest BCUT2D eigenvalue weighted by Gasteiger charge is 2.18. The second kappa shape index (κ2) is 5.34. The molecule has 6 nitrogen and oxygen atoms in total. The number of H-pyrrole nitrogens is 1. The van der Waals surface area contributed by atoms with Crippen LogP contribution in [-0.2, 0) is 13.0 Å². The van der Waals surface area contributed by atoms with Crippen LogP contribution in [0.15, 0.2) is 24.3 Å². The molecular formula is C14H16N4O2. The predicted octanol–water partition coefficient (Wildman–Crippen LogP) is 1.32. The van der Waals surface area contributed by atoms with E-state index in [2.05, 4.69) is 20.8 Å². The summed E-state index contributed by atoms with van der Waals surface area (Å²) in [6.07, 6.45) is 0.900. The van der Waals surface area contributed by atoms with E-state index >= 15 is 0 Å². The number of nitrogens with zero attached hydrogens (tertiary/aromatic N) is 1. The molecule has 104 valence electrons. The molecule has 2 aromatic rings. The van der Waals surface area contributed by atoms with Crippen molar-refractivity contribution in [3.8, 4) is 5.75 Å². The largest absolute Gasteiger partial charge is 0.497 e. The number of rotatable bonds is 3. The fraction of sp³-hybridized carbons (Fsp3) is 0.286. The lowest BCUT2D eigenvalue weighted by Gasteiger charge is -2.13. The number of ether oxygens (including phenoxy) is 1. The Bertz CT molecular complexity index is 636. The van der Waals surface area contributed by atoms with Crippen molar-refractivity contribution in [1.29, 1.82) is 0 Å². The van der Waals surface area contributed by atoms with E-state index in [-0.39, 0.29) is 5.91 Å². The number of aromatic nitrogens is 2. The fourth-order valence-electron chi connectivity index (χ4n) is 2.27. The van der Waals surface area contributed by atoms with Crippen LogP contribution in [-0.4, -0.2) is 29.8 Å². The molecular weight excluding hydrogens is 256 g/mol. The minimum atomic E-state index is -0.191. The second-order valence-electron chi connectivity index (χ2n) is 4.64. The molecule has 0 fully saturated rings. The predicted molar refractivity (Wildman–Crippen MR) is 74.9 cm³/mol. The molecule has 0 radical (unpaired) electrons. The summed E-state index contributed by atoms with van der Waals surface area (Å²) in [4.78, 5) is 12.2. The quantitative estimate of drug-likeness (QED) is 0.787. The summed E-state index contributed by atoms with van der Waals surface area (Å²) in [7, 11) is 1.58. The molecule has 1 aliphatic heterocycles. The summed E-state index contributed by atoms with van der Waals surface area (Å²) in [5, 5.41) is 13.3. The minimum absolute atomic E-state index is 0.191. The van der Waals surface area contributed by atoms with Gasteiger partial charge in [-0.05, 0) is 18.2 Å². The third kappa shape index (κ3) is 2.37. The van der Waals surface area contributed by atoms with Gasteiger partial charge in [0.15, 0.2) is 5.82 Å². The molecule has 1 amide bonds. The standard InChI is InChI=1S/C14H16N4O2/c1-20-10-4-2-3-9(7-10)14(19)16-13-11-8-15-6-5-12(11)17-18-13/h2-4,7,15H,5-6,8H2,1H3,(H2,16,17,18,19). The van der Waals surface area contributed by atoms with Crippen LogP contribution in [0.3, 0.4) is 0 Å². The van der Waals surface area contributed by atoms with Crippen LogP contribution in [0.5, 0.6) is 5.75 Å². The topological polar surface area (TPSA) is 79.0 Å². The van der Waals surface area contributed by atoms with E-state index in [9.17, 15) is 4.79 Å². The van der Waals surface area contributed by atoms with Gasteiger partial charge in [-0.25, -0.2) is 0 Å². The first kappa shape index (κ1) is 12.7. The molecule has 1 aliphatic rings. The van der Waals surface area contributed by atoms with Gasteiger partial charge in [-0.3, -0.25) is 9.89 Å². The Hall–Kier alpha value is -2.34. The fourth-order valence-corrected chi connectivity index (χ4v) is 2.27. The first-order valence-corrected chi connectivity index (χ1v) is 6.50. The van der Waals surface area contributed by atoms with Crippen LogP contribution in [0.2, 0.25) is 0 Å². The highest BCUT2D eigenvalue weighted by molar-refractivity contribution is 6.04. The molecule has 0 spiro atoms. The van der Waals surface area contributed by atoms with Crippen molar-refractivity contribution < 1.29 is 9.53 Å². The van der Waals surface area contributed by atoms with Gasteiger partial charge >= 0.3 is 0 Å². The van der Waals surface area contributed by atoms with Crippen molar-refractivity contribution in [3.63, 3.8) is 0 Å². The average Bonchev–Trinajstić information content (AvgIpc) is 2.90. The van der Waals surface area contributed by atoms with Crippen LogP contribution in [0.25, 0.3) is 0 Å². The van der Waals surface area contributed by atoms with Gasteiger partial charge in [0.2, 0.25) is 0 Å². The van der Waals surface area contributed by atoms with Crippen molar-refractivity contribution in [2.75, 3.05) is 19.0 Å². The maximum Gasteiger partial charge on any atom is 0.257 e. The van der Waals surface area contributed by atoms with Crippen molar-refractivity contribution in [2.45, 2.75) is 13.0 Å². The molecule has 0 saturated heterocycles. The number of carbonyl (C=O) groups is 1. The van der Waals surface area contributed by atoms with Gasteiger partial charge in [-0.15, -0.1) is 0 Å². The zero-order valence-corrected chi connectivity index (χ0v) is 11.2. The normalized spacial score (nSPS) is 13.7. The van der Waals surface area contributed by atoms with E-state index in [1.165, 1.54) is 0 Å². The molecule has 1 aromatic carbocycles. The molecule has 0 bridgehead atoms. The zero-order chi connectivity index (χ0) is 13.9. The SMILES string of the molecule is COc1cccc(C(=O)Nc2n[nH]c3c2CNCC3)c1. The van der Waals surface area contributed by atoms with E-state index in [1.807, 2.05) is 0 Å². The number of methoxy groups -OCH3 is 1. The number of anilines is 1. The highest BCUT2D eigenvalue weighted by Crippen LogP contribution is 2.21. The van der Waals surface area contributed by atoms with Crippen LogP contribution in [0, 0.1) is 0 Å². The minimum Gasteiger partial charge on any atom is -0.497 e. The number of fused-ring (bicyclic) bond motifs is 1.